The van der Waals surface area contributed by atoms with Gasteiger partial charge in [-0.3, -0.25) is 14.9 Å². The number of esters is 1. The van der Waals surface area contributed by atoms with Gasteiger partial charge in [-0.1, -0.05) is 11.6 Å². The maximum atomic E-state index is 12.0. The van der Waals surface area contributed by atoms with E-state index in [0.29, 0.717) is 0 Å². The molecule has 1 aliphatic heterocycles. The van der Waals surface area contributed by atoms with Gasteiger partial charge in [-0.15, -0.1) is 0 Å². The number of carbonyl (C=O) groups excluding carboxylic acids is 2. The molecule has 2 rings (SSSR count). The molecule has 136 valence electrons. The van der Waals surface area contributed by atoms with Gasteiger partial charge in [0.15, 0.2) is 16.4 Å². The molecular weight excluding hydrogens is 376 g/mol. The van der Waals surface area contributed by atoms with E-state index in [1.54, 1.807) is 6.92 Å². The van der Waals surface area contributed by atoms with Gasteiger partial charge in [-0.05, 0) is 19.4 Å². The molecule has 0 saturated carbocycles. The molecule has 1 aliphatic rings. The van der Waals surface area contributed by atoms with E-state index < -0.39 is 38.8 Å². The van der Waals surface area contributed by atoms with Gasteiger partial charge in [-0.2, -0.15) is 0 Å². The molecule has 9 nitrogen and oxygen atoms in total. The first-order valence-electron chi connectivity index (χ1n) is 7.14. The van der Waals surface area contributed by atoms with E-state index in [1.165, 1.54) is 6.07 Å². The van der Waals surface area contributed by atoms with Gasteiger partial charge in [0.25, 0.3) is 11.6 Å². The van der Waals surface area contributed by atoms with Crippen LogP contribution in [0.15, 0.2) is 18.2 Å². The van der Waals surface area contributed by atoms with Crippen molar-refractivity contribution in [3.05, 3.63) is 38.9 Å². The lowest BCUT2D eigenvalue weighted by Crippen LogP contribution is -2.48. The molecule has 25 heavy (non-hydrogen) atoms. The van der Waals surface area contributed by atoms with E-state index >= 15 is 0 Å². The molecule has 1 aromatic rings. The van der Waals surface area contributed by atoms with Crippen molar-refractivity contribution in [2.75, 3.05) is 18.1 Å². The molecule has 0 aliphatic carbocycles. The number of hydrogen-bond acceptors (Lipinski definition) is 7. The third-order valence-electron chi connectivity index (χ3n) is 3.66. The quantitative estimate of drug-likeness (QED) is 0.452. The van der Waals surface area contributed by atoms with Crippen LogP contribution in [0.5, 0.6) is 0 Å². The number of rotatable bonds is 5. The van der Waals surface area contributed by atoms with E-state index in [0.717, 1.165) is 12.1 Å². The Morgan fingerprint density at radius 1 is 1.44 bits per heavy atom. The summed E-state index contributed by atoms with van der Waals surface area (Å²) in [5, 5.41) is 13.2. The zero-order valence-electron chi connectivity index (χ0n) is 13.2. The fourth-order valence-corrected chi connectivity index (χ4v) is 4.76. The molecular formula is C14H15ClN2O7S. The summed E-state index contributed by atoms with van der Waals surface area (Å²) in [5.41, 5.74) is -1.49. The SMILES string of the molecule is C[C@]1(NC(=O)COC(=O)c2cc([N+](=O)[O-])ccc2Cl)CCS(=O)(=O)C1. The average Bonchev–Trinajstić information content (AvgIpc) is 2.78. The standard InChI is InChI=1S/C14H15ClN2O7S/c1-14(4-5-25(22,23)8-14)16-12(18)7-24-13(19)10-6-9(17(20)21)2-3-11(10)15/h2-3,6H,4-5,7-8H2,1H3,(H,16,18)/t14-/m0/s1. The smallest absolute Gasteiger partial charge is 0.340 e. The number of halogens is 1. The maximum Gasteiger partial charge on any atom is 0.340 e. The van der Waals surface area contributed by atoms with Gasteiger partial charge < -0.3 is 10.1 Å². The van der Waals surface area contributed by atoms with Crippen molar-refractivity contribution in [1.29, 1.82) is 0 Å². The monoisotopic (exact) mass is 390 g/mol. The van der Waals surface area contributed by atoms with Gasteiger partial charge in [0.1, 0.15) is 0 Å². The highest BCUT2D eigenvalue weighted by Gasteiger charge is 2.39. The third-order valence-corrected chi connectivity index (χ3v) is 5.89. The van der Waals surface area contributed by atoms with Crippen molar-refractivity contribution < 1.29 is 27.7 Å². The first kappa shape index (κ1) is 19.1. The first-order valence-corrected chi connectivity index (χ1v) is 9.34. The van der Waals surface area contributed by atoms with Crippen LogP contribution in [0.4, 0.5) is 5.69 Å². The fraction of sp³-hybridized carbons (Fsp3) is 0.429. The molecule has 1 fully saturated rings. The van der Waals surface area contributed by atoms with E-state index in [1.807, 2.05) is 0 Å². The minimum Gasteiger partial charge on any atom is -0.452 e. The van der Waals surface area contributed by atoms with Crippen molar-refractivity contribution in [1.82, 2.24) is 5.32 Å². The van der Waals surface area contributed by atoms with Gasteiger partial charge in [-0.25, -0.2) is 13.2 Å². The normalized spacial score (nSPS) is 21.5. The summed E-state index contributed by atoms with van der Waals surface area (Å²) >= 11 is 5.81. The van der Waals surface area contributed by atoms with Crippen LogP contribution < -0.4 is 5.32 Å². The largest absolute Gasteiger partial charge is 0.452 e. The van der Waals surface area contributed by atoms with Crippen LogP contribution in [0, 0.1) is 10.1 Å². The van der Waals surface area contributed by atoms with Crippen LogP contribution in [0.3, 0.4) is 0 Å². The molecule has 0 radical (unpaired) electrons. The number of carbonyl (C=O) groups is 2. The van der Waals surface area contributed by atoms with Crippen molar-refractivity contribution in [2.24, 2.45) is 0 Å². The summed E-state index contributed by atoms with van der Waals surface area (Å²) in [7, 11) is -3.20. The molecule has 1 aromatic carbocycles. The topological polar surface area (TPSA) is 133 Å². The Morgan fingerprint density at radius 2 is 2.12 bits per heavy atom. The molecule has 0 unspecified atom stereocenters. The van der Waals surface area contributed by atoms with E-state index in [-0.39, 0.29) is 34.2 Å². The average molecular weight is 391 g/mol. The van der Waals surface area contributed by atoms with Crippen LogP contribution in [0.25, 0.3) is 0 Å². The highest BCUT2D eigenvalue weighted by Crippen LogP contribution is 2.24. The van der Waals surface area contributed by atoms with E-state index in [2.05, 4.69) is 5.32 Å². The maximum absolute atomic E-state index is 12.0. The number of nitro benzene ring substituents is 1. The summed E-state index contributed by atoms with van der Waals surface area (Å²) in [5.74, 6) is -1.87. The highest BCUT2D eigenvalue weighted by atomic mass is 35.5. The summed E-state index contributed by atoms with van der Waals surface area (Å²) in [6.07, 6.45) is 0.270. The molecule has 0 spiro atoms. The number of nitro groups is 1. The van der Waals surface area contributed by atoms with Crippen LogP contribution in [-0.4, -0.2) is 48.9 Å². The second-order valence-corrected chi connectivity index (χ2v) is 8.54. The van der Waals surface area contributed by atoms with Crippen molar-refractivity contribution in [3.8, 4) is 0 Å². The Labute approximate surface area is 148 Å². The second-order valence-electron chi connectivity index (χ2n) is 5.95. The van der Waals surface area contributed by atoms with Gasteiger partial charge in [0, 0.05) is 12.1 Å². The number of hydrogen-bond donors (Lipinski definition) is 1. The number of ether oxygens (including phenoxy) is 1. The first-order chi connectivity index (χ1) is 11.5. The lowest BCUT2D eigenvalue weighted by atomic mass is 10.0. The lowest BCUT2D eigenvalue weighted by molar-refractivity contribution is -0.384. The lowest BCUT2D eigenvalue weighted by Gasteiger charge is -2.23. The summed E-state index contributed by atoms with van der Waals surface area (Å²) in [6, 6.07) is 3.27. The van der Waals surface area contributed by atoms with Gasteiger partial charge >= 0.3 is 5.97 Å². The zero-order chi connectivity index (χ0) is 18.8. The summed E-state index contributed by atoms with van der Waals surface area (Å²) in [6.45, 7) is 0.933. The fourth-order valence-electron chi connectivity index (χ4n) is 2.47. The molecule has 11 heteroatoms. The van der Waals surface area contributed by atoms with Crippen LogP contribution in [-0.2, 0) is 19.4 Å². The Morgan fingerprint density at radius 3 is 2.68 bits per heavy atom. The Kier molecular flexibility index (Phi) is 5.33. The third kappa shape index (κ3) is 4.89. The van der Waals surface area contributed by atoms with Crippen LogP contribution >= 0.6 is 11.6 Å². The predicted octanol–water partition coefficient (Wildman–Crippen LogP) is 1.10. The number of amides is 1. The molecule has 1 N–H and O–H groups in total. The van der Waals surface area contributed by atoms with Crippen molar-refractivity contribution in [3.63, 3.8) is 0 Å². The molecule has 1 atom stereocenters. The summed E-state index contributed by atoms with van der Waals surface area (Å²) in [4.78, 5) is 33.9. The van der Waals surface area contributed by atoms with Crippen molar-refractivity contribution in [2.45, 2.75) is 18.9 Å². The predicted molar refractivity (Wildman–Crippen MR) is 88.2 cm³/mol. The molecule has 0 aromatic heterocycles. The zero-order valence-corrected chi connectivity index (χ0v) is 14.7. The van der Waals surface area contributed by atoms with Gasteiger partial charge in [0.2, 0.25) is 0 Å². The van der Waals surface area contributed by atoms with E-state index in [9.17, 15) is 28.1 Å². The van der Waals surface area contributed by atoms with Gasteiger partial charge in [0.05, 0.1) is 32.6 Å². The van der Waals surface area contributed by atoms with Crippen LogP contribution in [0.2, 0.25) is 5.02 Å². The number of sulfone groups is 1. The Hall–Kier alpha value is -2.20. The van der Waals surface area contributed by atoms with Crippen LogP contribution in [0.1, 0.15) is 23.7 Å². The highest BCUT2D eigenvalue weighted by molar-refractivity contribution is 7.91. The minimum atomic E-state index is -3.20. The number of nitrogens with one attached hydrogen (secondary N) is 1. The van der Waals surface area contributed by atoms with E-state index in [4.69, 9.17) is 16.3 Å². The molecule has 0 bridgehead atoms. The minimum absolute atomic E-state index is 0.0210. The summed E-state index contributed by atoms with van der Waals surface area (Å²) < 4.78 is 27.8. The number of non-ortho nitro benzene ring substituents is 1. The second kappa shape index (κ2) is 6.96. The number of nitrogens with zero attached hydrogens (tertiary/aromatic N) is 1. The molecule has 1 saturated heterocycles. The van der Waals surface area contributed by atoms with Crippen molar-refractivity contribution >= 4 is 39.0 Å². The molecule has 1 heterocycles. The molecule has 1 amide bonds. The number of benzene rings is 1. The Bertz CT molecular complexity index is 840. The Balaban J connectivity index is 1.97.